The van der Waals surface area contributed by atoms with Crippen LogP contribution in [0.25, 0.3) is 6.08 Å². The Labute approximate surface area is 157 Å². The number of halogens is 1. The van der Waals surface area contributed by atoms with Crippen molar-refractivity contribution in [1.82, 2.24) is 0 Å². The number of ether oxygens (including phenoxy) is 3. The number of hydrogen-bond acceptors (Lipinski definition) is 5. The largest absolute Gasteiger partial charge is 0.490 e. The fraction of sp³-hybridized carbons (Fsp3) is 0.238. The van der Waals surface area contributed by atoms with E-state index in [1.165, 1.54) is 12.1 Å². The van der Waals surface area contributed by atoms with Crippen molar-refractivity contribution in [2.45, 2.75) is 20.3 Å². The molecule has 1 heterocycles. The second-order valence-electron chi connectivity index (χ2n) is 5.80. The van der Waals surface area contributed by atoms with Gasteiger partial charge in [-0.3, -0.25) is 0 Å². The lowest BCUT2D eigenvalue weighted by molar-refractivity contribution is -0.129. The molecule has 2 aromatic rings. The molecule has 6 heteroatoms. The van der Waals surface area contributed by atoms with E-state index in [0.717, 1.165) is 6.42 Å². The molecule has 0 saturated carbocycles. The Balaban J connectivity index is 1.90. The summed E-state index contributed by atoms with van der Waals surface area (Å²) in [6, 6.07) is 11.4. The predicted octanol–water partition coefficient (Wildman–Crippen LogP) is 4.36. The third kappa shape index (κ3) is 4.34. The van der Waals surface area contributed by atoms with Crippen LogP contribution in [0.2, 0.25) is 0 Å². The molecule has 0 amide bonds. The molecule has 0 N–H and O–H groups in total. The minimum Gasteiger partial charge on any atom is -0.490 e. The molecule has 1 aliphatic heterocycles. The second-order valence-corrected chi connectivity index (χ2v) is 5.80. The molecule has 5 nitrogen and oxygen atoms in total. The lowest BCUT2D eigenvalue weighted by atomic mass is 10.1. The number of nitrogens with zero attached hydrogens (tertiary/aromatic N) is 1. The topological polar surface area (TPSA) is 57.1 Å². The molecule has 140 valence electrons. The van der Waals surface area contributed by atoms with Crippen molar-refractivity contribution >= 4 is 17.9 Å². The van der Waals surface area contributed by atoms with Crippen molar-refractivity contribution in [3.05, 3.63) is 65.1 Å². The number of esters is 1. The highest BCUT2D eigenvalue weighted by Crippen LogP contribution is 2.30. The van der Waals surface area contributed by atoms with Gasteiger partial charge < -0.3 is 14.2 Å². The van der Waals surface area contributed by atoms with Crippen LogP contribution in [0.5, 0.6) is 11.5 Å². The standard InChI is InChI=1S/C21H20FNO4/c1-3-11-26-18-10-9-14(13-19(18)25-4-2)12-17-21(24)27-20(23-17)15-7-5-6-8-16(15)22/h5-10,12-13H,3-4,11H2,1-2H3/b17-12+. The van der Waals surface area contributed by atoms with Gasteiger partial charge in [-0.1, -0.05) is 25.1 Å². The third-order valence-corrected chi connectivity index (χ3v) is 3.76. The Bertz CT molecular complexity index is 905. The summed E-state index contributed by atoms with van der Waals surface area (Å²) in [4.78, 5) is 16.2. The molecule has 0 radical (unpaired) electrons. The highest BCUT2D eigenvalue weighted by atomic mass is 19.1. The SMILES string of the molecule is CCCOc1ccc(/C=C2/N=C(c3ccccc3F)OC2=O)cc1OCC. The molecule has 0 aromatic heterocycles. The molecule has 0 unspecified atom stereocenters. The summed E-state index contributed by atoms with van der Waals surface area (Å²) in [7, 11) is 0. The zero-order valence-corrected chi connectivity index (χ0v) is 15.2. The third-order valence-electron chi connectivity index (χ3n) is 3.76. The summed E-state index contributed by atoms with van der Waals surface area (Å²) >= 11 is 0. The Hall–Kier alpha value is -3.15. The van der Waals surface area contributed by atoms with Gasteiger partial charge in [0.05, 0.1) is 18.8 Å². The molecular weight excluding hydrogens is 349 g/mol. The number of rotatable bonds is 7. The van der Waals surface area contributed by atoms with Gasteiger partial charge in [-0.15, -0.1) is 0 Å². The second kappa shape index (κ2) is 8.49. The van der Waals surface area contributed by atoms with Crippen LogP contribution in [0, 0.1) is 5.82 Å². The van der Waals surface area contributed by atoms with E-state index in [0.29, 0.717) is 30.3 Å². The fourth-order valence-electron chi connectivity index (χ4n) is 2.53. The Kier molecular flexibility index (Phi) is 5.86. The minimum absolute atomic E-state index is 0.0442. The van der Waals surface area contributed by atoms with Crippen LogP contribution in [-0.4, -0.2) is 25.1 Å². The monoisotopic (exact) mass is 369 g/mol. The summed E-state index contributed by atoms with van der Waals surface area (Å²) in [5, 5.41) is 0. The van der Waals surface area contributed by atoms with Crippen LogP contribution >= 0.6 is 0 Å². The number of carbonyl (C=O) groups excluding carboxylic acids is 1. The van der Waals surface area contributed by atoms with E-state index in [1.807, 2.05) is 13.8 Å². The summed E-state index contributed by atoms with van der Waals surface area (Å²) in [6.07, 6.45) is 2.46. The molecule has 0 saturated heterocycles. The van der Waals surface area contributed by atoms with Gasteiger partial charge in [-0.05, 0) is 49.2 Å². The van der Waals surface area contributed by atoms with Gasteiger partial charge in [0.15, 0.2) is 17.2 Å². The van der Waals surface area contributed by atoms with Gasteiger partial charge in [0.2, 0.25) is 5.90 Å². The van der Waals surface area contributed by atoms with Crippen LogP contribution in [0.4, 0.5) is 4.39 Å². The first-order valence-electron chi connectivity index (χ1n) is 8.79. The zero-order valence-electron chi connectivity index (χ0n) is 15.2. The van der Waals surface area contributed by atoms with Crippen LogP contribution < -0.4 is 9.47 Å². The van der Waals surface area contributed by atoms with E-state index in [2.05, 4.69) is 4.99 Å². The number of cyclic esters (lactones) is 1. The first-order chi connectivity index (χ1) is 13.1. The van der Waals surface area contributed by atoms with E-state index in [4.69, 9.17) is 14.2 Å². The van der Waals surface area contributed by atoms with Crippen LogP contribution in [0.1, 0.15) is 31.4 Å². The summed E-state index contributed by atoms with van der Waals surface area (Å²) in [6.45, 7) is 4.98. The normalized spacial score (nSPS) is 14.9. The van der Waals surface area contributed by atoms with E-state index in [9.17, 15) is 9.18 Å². The zero-order chi connectivity index (χ0) is 19.2. The number of hydrogen-bond donors (Lipinski definition) is 0. The minimum atomic E-state index is -0.627. The Morgan fingerprint density at radius 1 is 1.11 bits per heavy atom. The van der Waals surface area contributed by atoms with E-state index in [1.54, 1.807) is 36.4 Å². The highest BCUT2D eigenvalue weighted by molar-refractivity contribution is 6.12. The van der Waals surface area contributed by atoms with Crippen molar-refractivity contribution in [3.8, 4) is 11.5 Å². The molecule has 3 rings (SSSR count). The molecular formula is C21H20FNO4. The number of carbonyl (C=O) groups is 1. The van der Waals surface area contributed by atoms with Gasteiger partial charge >= 0.3 is 5.97 Å². The predicted molar refractivity (Wildman–Crippen MR) is 100 cm³/mol. The van der Waals surface area contributed by atoms with Gasteiger partial charge in [-0.2, -0.15) is 0 Å². The molecule has 1 aliphatic rings. The summed E-state index contributed by atoms with van der Waals surface area (Å²) in [5.74, 6) is 0.0616. The molecule has 0 atom stereocenters. The molecule has 0 spiro atoms. The molecule has 0 fully saturated rings. The Morgan fingerprint density at radius 3 is 2.67 bits per heavy atom. The molecule has 0 aliphatic carbocycles. The van der Waals surface area contributed by atoms with Crippen molar-refractivity contribution in [3.63, 3.8) is 0 Å². The fourth-order valence-corrected chi connectivity index (χ4v) is 2.53. The highest BCUT2D eigenvalue weighted by Gasteiger charge is 2.26. The molecule has 2 aromatic carbocycles. The van der Waals surface area contributed by atoms with Crippen molar-refractivity contribution in [1.29, 1.82) is 0 Å². The van der Waals surface area contributed by atoms with Crippen molar-refractivity contribution in [2.24, 2.45) is 4.99 Å². The lowest BCUT2D eigenvalue weighted by Gasteiger charge is -2.12. The average Bonchev–Trinajstić information content (AvgIpc) is 3.02. The lowest BCUT2D eigenvalue weighted by Crippen LogP contribution is -2.07. The van der Waals surface area contributed by atoms with Crippen LogP contribution in [0.15, 0.2) is 53.2 Å². The smallest absolute Gasteiger partial charge is 0.363 e. The van der Waals surface area contributed by atoms with Gasteiger partial charge in [0.1, 0.15) is 5.82 Å². The number of aliphatic imine (C=N–C) groups is 1. The van der Waals surface area contributed by atoms with Gasteiger partial charge in [0, 0.05) is 0 Å². The molecule has 27 heavy (non-hydrogen) atoms. The van der Waals surface area contributed by atoms with Crippen molar-refractivity contribution in [2.75, 3.05) is 13.2 Å². The maximum atomic E-state index is 13.9. The van der Waals surface area contributed by atoms with Crippen LogP contribution in [0.3, 0.4) is 0 Å². The maximum absolute atomic E-state index is 13.9. The van der Waals surface area contributed by atoms with E-state index in [-0.39, 0.29) is 17.2 Å². The van der Waals surface area contributed by atoms with Crippen molar-refractivity contribution < 1.29 is 23.4 Å². The number of benzene rings is 2. The summed E-state index contributed by atoms with van der Waals surface area (Å²) in [5.41, 5.74) is 0.943. The average molecular weight is 369 g/mol. The first kappa shape index (κ1) is 18.6. The first-order valence-corrected chi connectivity index (χ1v) is 8.79. The quantitative estimate of drug-likeness (QED) is 0.538. The Morgan fingerprint density at radius 2 is 1.93 bits per heavy atom. The summed E-state index contributed by atoms with van der Waals surface area (Å²) < 4.78 is 30.3. The van der Waals surface area contributed by atoms with Crippen LogP contribution in [-0.2, 0) is 9.53 Å². The maximum Gasteiger partial charge on any atom is 0.363 e. The van der Waals surface area contributed by atoms with E-state index >= 15 is 0 Å². The van der Waals surface area contributed by atoms with E-state index < -0.39 is 11.8 Å². The van der Waals surface area contributed by atoms with Gasteiger partial charge in [0.25, 0.3) is 0 Å². The van der Waals surface area contributed by atoms with Gasteiger partial charge in [-0.25, -0.2) is 14.2 Å². The molecule has 0 bridgehead atoms.